The predicted octanol–water partition coefficient (Wildman–Crippen LogP) is 3.21. The van der Waals surface area contributed by atoms with Crippen molar-refractivity contribution < 1.29 is 28.7 Å². The Kier molecular flexibility index (Phi) is 7.90. The normalized spacial score (nSPS) is 15.3. The van der Waals surface area contributed by atoms with Gasteiger partial charge in [-0.2, -0.15) is 5.06 Å². The van der Waals surface area contributed by atoms with Gasteiger partial charge in [-0.05, 0) is 51.8 Å². The third-order valence-electron chi connectivity index (χ3n) is 5.41. The molecule has 35 heavy (non-hydrogen) atoms. The number of carbonyl (C=O) groups is 3. The summed E-state index contributed by atoms with van der Waals surface area (Å²) in [6.45, 7) is 9.20. The summed E-state index contributed by atoms with van der Waals surface area (Å²) in [5.41, 5.74) is -0.654. The van der Waals surface area contributed by atoms with Gasteiger partial charge in [0.1, 0.15) is 29.0 Å². The molecule has 1 saturated heterocycles. The van der Waals surface area contributed by atoms with Gasteiger partial charge >= 0.3 is 12.2 Å². The summed E-state index contributed by atoms with van der Waals surface area (Å²) in [7, 11) is 1.35. The van der Waals surface area contributed by atoms with Crippen molar-refractivity contribution in [3.05, 3.63) is 43.2 Å². The lowest BCUT2D eigenvalue weighted by Crippen LogP contribution is -2.64. The number of nitrogens with one attached hydrogen (secondary N) is 1. The Morgan fingerprint density at radius 2 is 1.91 bits per heavy atom. The molecule has 2 aromatic rings. The van der Waals surface area contributed by atoms with Crippen molar-refractivity contribution in [2.75, 3.05) is 31.9 Å². The second-order valence-corrected chi connectivity index (χ2v) is 9.04. The largest absolute Gasteiger partial charge is 0.445 e. The van der Waals surface area contributed by atoms with Gasteiger partial charge in [0.05, 0.1) is 12.6 Å². The number of carbonyl (C=O) groups excluding carboxylic acids is 3. The molecule has 0 atom stereocenters. The highest BCUT2D eigenvalue weighted by Gasteiger charge is 2.47. The number of amides is 3. The van der Waals surface area contributed by atoms with E-state index in [-0.39, 0.29) is 32.5 Å². The van der Waals surface area contributed by atoms with Crippen LogP contribution in [-0.4, -0.2) is 70.9 Å². The Morgan fingerprint density at radius 1 is 1.20 bits per heavy atom. The topological polar surface area (TPSA) is 123 Å². The molecule has 3 amide bonds. The Labute approximate surface area is 204 Å². The molecule has 11 nitrogen and oxygen atoms in total. The number of alkyl carbamates (subject to hydrolysis) is 1. The molecular weight excluding hydrogens is 454 g/mol. The molecular formula is C24H31N5O6. The first kappa shape index (κ1) is 25.9. The third kappa shape index (κ3) is 6.04. The highest BCUT2D eigenvalue weighted by Crippen LogP contribution is 2.31. The lowest BCUT2D eigenvalue weighted by atomic mass is 9.86. The summed E-state index contributed by atoms with van der Waals surface area (Å²) in [6.07, 6.45) is 3.52. The summed E-state index contributed by atoms with van der Waals surface area (Å²) in [6, 6.07) is 5.11. The first-order valence-electron chi connectivity index (χ1n) is 11.2. The van der Waals surface area contributed by atoms with Crippen LogP contribution in [0.15, 0.2) is 43.2 Å². The first-order chi connectivity index (χ1) is 16.6. The van der Waals surface area contributed by atoms with Gasteiger partial charge in [0, 0.05) is 25.5 Å². The minimum absolute atomic E-state index is 0.0208. The summed E-state index contributed by atoms with van der Waals surface area (Å²) in [5.74, 6) is -0.530. The van der Waals surface area contributed by atoms with Crippen molar-refractivity contribution in [2.24, 2.45) is 0 Å². The number of rotatable bonds is 6. The molecule has 11 heteroatoms. The number of ether oxygens (including phenoxy) is 2. The number of anilines is 1. The van der Waals surface area contributed by atoms with E-state index in [0.29, 0.717) is 16.7 Å². The van der Waals surface area contributed by atoms with E-state index in [1.807, 2.05) is 0 Å². The van der Waals surface area contributed by atoms with Crippen LogP contribution in [0.25, 0.3) is 11.0 Å². The highest BCUT2D eigenvalue weighted by molar-refractivity contribution is 6.05. The fourth-order valence-corrected chi connectivity index (χ4v) is 3.77. The van der Waals surface area contributed by atoms with E-state index >= 15 is 0 Å². The van der Waals surface area contributed by atoms with Gasteiger partial charge in [0.2, 0.25) is 0 Å². The minimum Gasteiger partial charge on any atom is -0.445 e. The molecule has 1 aliphatic heterocycles. The van der Waals surface area contributed by atoms with Crippen molar-refractivity contribution in [1.29, 1.82) is 0 Å². The molecule has 3 heterocycles. The quantitative estimate of drug-likeness (QED) is 0.489. The lowest BCUT2D eigenvalue weighted by molar-refractivity contribution is -0.133. The van der Waals surface area contributed by atoms with Crippen LogP contribution in [0.5, 0.6) is 0 Å². The fraction of sp³-hybridized carbons (Fsp3) is 0.458. The van der Waals surface area contributed by atoms with E-state index in [1.54, 1.807) is 51.4 Å². The number of pyridine rings is 2. The van der Waals surface area contributed by atoms with Crippen LogP contribution in [0.4, 0.5) is 15.3 Å². The number of hydrogen-bond acceptors (Lipinski definition) is 8. The van der Waals surface area contributed by atoms with Crippen LogP contribution >= 0.6 is 0 Å². The van der Waals surface area contributed by atoms with Gasteiger partial charge < -0.3 is 19.7 Å². The van der Waals surface area contributed by atoms with E-state index < -0.39 is 29.2 Å². The average Bonchev–Trinajstić information content (AvgIpc) is 2.82. The van der Waals surface area contributed by atoms with Crippen molar-refractivity contribution in [3.63, 3.8) is 0 Å². The number of nitrogens with zero attached hydrogens (tertiary/aromatic N) is 4. The van der Waals surface area contributed by atoms with Gasteiger partial charge in [0.15, 0.2) is 0 Å². The van der Waals surface area contributed by atoms with E-state index in [9.17, 15) is 14.4 Å². The van der Waals surface area contributed by atoms with E-state index in [2.05, 4.69) is 21.9 Å². The zero-order chi connectivity index (χ0) is 25.6. The molecule has 0 spiro atoms. The second-order valence-electron chi connectivity index (χ2n) is 9.04. The van der Waals surface area contributed by atoms with Gasteiger partial charge in [-0.3, -0.25) is 19.6 Å². The Morgan fingerprint density at radius 3 is 2.54 bits per heavy atom. The van der Waals surface area contributed by atoms with Crippen LogP contribution in [0.3, 0.4) is 0 Å². The maximum Gasteiger partial charge on any atom is 0.410 e. The molecule has 0 radical (unpaired) electrons. The maximum atomic E-state index is 13.9. The molecule has 188 valence electrons. The summed E-state index contributed by atoms with van der Waals surface area (Å²) >= 11 is 0. The zero-order valence-corrected chi connectivity index (χ0v) is 20.4. The number of aromatic nitrogens is 2. The zero-order valence-electron chi connectivity index (χ0n) is 20.4. The van der Waals surface area contributed by atoms with Crippen LogP contribution in [0, 0.1) is 0 Å². The smallest absolute Gasteiger partial charge is 0.410 e. The molecule has 1 aliphatic rings. The molecule has 3 rings (SSSR count). The fourth-order valence-electron chi connectivity index (χ4n) is 3.77. The van der Waals surface area contributed by atoms with Crippen molar-refractivity contribution in [3.8, 4) is 0 Å². The van der Waals surface area contributed by atoms with Crippen LogP contribution in [0.1, 0.15) is 33.6 Å². The molecule has 0 aromatic carbocycles. The predicted molar refractivity (Wildman–Crippen MR) is 128 cm³/mol. The van der Waals surface area contributed by atoms with Gasteiger partial charge in [-0.25, -0.2) is 9.59 Å². The van der Waals surface area contributed by atoms with Crippen LogP contribution in [0.2, 0.25) is 0 Å². The number of hydrogen-bond donors (Lipinski definition) is 1. The highest BCUT2D eigenvalue weighted by atomic mass is 16.7. The molecule has 1 N–H and O–H groups in total. The van der Waals surface area contributed by atoms with Crippen LogP contribution in [-0.2, 0) is 19.1 Å². The standard InChI is InChI=1S/C24H31N5O6/c1-6-16-34-21(31)27-24(10-14-28(15-11-24)22(32)35-23(2,3)4)20(30)29(33-5)18-9-13-25-17-8-7-12-26-19(17)18/h6-9,12-13H,1,10-11,14-16H2,2-5H3,(H,27,31). The minimum atomic E-state index is -1.41. The molecule has 1 fully saturated rings. The van der Waals surface area contributed by atoms with E-state index in [0.717, 1.165) is 5.06 Å². The maximum absolute atomic E-state index is 13.9. The van der Waals surface area contributed by atoms with Gasteiger partial charge in [-0.1, -0.05) is 12.7 Å². The van der Waals surface area contributed by atoms with Gasteiger partial charge in [-0.15, -0.1) is 0 Å². The van der Waals surface area contributed by atoms with Crippen LogP contribution < -0.4 is 10.4 Å². The number of piperidine rings is 1. The lowest BCUT2D eigenvalue weighted by Gasteiger charge is -2.42. The molecule has 0 bridgehead atoms. The Bertz CT molecular complexity index is 1090. The number of hydroxylamine groups is 1. The van der Waals surface area contributed by atoms with E-state index in [1.165, 1.54) is 18.1 Å². The second kappa shape index (κ2) is 10.7. The Hall–Kier alpha value is -3.73. The van der Waals surface area contributed by atoms with Crippen molar-refractivity contribution in [1.82, 2.24) is 20.2 Å². The molecule has 0 aliphatic carbocycles. The summed E-state index contributed by atoms with van der Waals surface area (Å²) in [5, 5.41) is 3.80. The first-order valence-corrected chi connectivity index (χ1v) is 11.2. The van der Waals surface area contributed by atoms with Crippen molar-refractivity contribution >= 4 is 34.8 Å². The average molecular weight is 486 g/mol. The summed E-state index contributed by atoms with van der Waals surface area (Å²) in [4.78, 5) is 54.6. The number of likely N-dealkylation sites (tertiary alicyclic amines) is 1. The number of fused-ring (bicyclic) bond motifs is 1. The van der Waals surface area contributed by atoms with Gasteiger partial charge in [0.25, 0.3) is 5.91 Å². The Balaban J connectivity index is 1.91. The SMILES string of the molecule is C=CCOC(=O)NC1(C(=O)N(OC)c2ccnc3cccnc23)CCN(C(=O)OC(C)(C)C)CC1. The molecule has 2 aromatic heterocycles. The van der Waals surface area contributed by atoms with E-state index in [4.69, 9.17) is 14.3 Å². The molecule has 0 unspecified atom stereocenters. The molecule has 0 saturated carbocycles. The van der Waals surface area contributed by atoms with Crippen molar-refractivity contribution in [2.45, 2.75) is 44.8 Å². The monoisotopic (exact) mass is 485 g/mol. The summed E-state index contributed by atoms with van der Waals surface area (Å²) < 4.78 is 10.5. The third-order valence-corrected chi connectivity index (χ3v) is 5.41.